The van der Waals surface area contributed by atoms with Gasteiger partial charge in [0.1, 0.15) is 0 Å². The molecule has 0 bridgehead atoms. The van der Waals surface area contributed by atoms with Crippen molar-refractivity contribution in [1.29, 1.82) is 0 Å². The summed E-state index contributed by atoms with van der Waals surface area (Å²) in [6, 6.07) is 10.8. The van der Waals surface area contributed by atoms with E-state index in [-0.39, 0.29) is 6.04 Å². The molecule has 1 saturated carbocycles. The monoisotopic (exact) mass is 261 g/mol. The molecule has 2 rings (SSSR count). The Kier molecular flexibility index (Phi) is 5.00. The van der Waals surface area contributed by atoms with E-state index in [1.165, 1.54) is 25.7 Å². The van der Waals surface area contributed by atoms with Crippen LogP contribution in [0.5, 0.6) is 0 Å². The van der Waals surface area contributed by atoms with Crippen molar-refractivity contribution < 1.29 is 5.11 Å². The Morgan fingerprint density at radius 3 is 2.26 bits per heavy atom. The van der Waals surface area contributed by atoms with E-state index in [9.17, 15) is 5.11 Å². The largest absolute Gasteiger partial charge is 0.387 e. The Labute approximate surface area is 117 Å². The SMILES string of the molecule is CC1CCC(N(C)C(C)C(O)c2ccccc2)CC1. The molecule has 19 heavy (non-hydrogen) atoms. The maximum Gasteiger partial charge on any atom is 0.0942 e. The van der Waals surface area contributed by atoms with E-state index in [1.54, 1.807) is 0 Å². The van der Waals surface area contributed by atoms with E-state index in [1.807, 2.05) is 30.3 Å². The fourth-order valence-electron chi connectivity index (χ4n) is 3.13. The van der Waals surface area contributed by atoms with Gasteiger partial charge in [-0.15, -0.1) is 0 Å². The topological polar surface area (TPSA) is 23.5 Å². The normalized spacial score (nSPS) is 27.2. The summed E-state index contributed by atoms with van der Waals surface area (Å²) in [4.78, 5) is 2.38. The number of aliphatic hydroxyl groups excluding tert-OH is 1. The van der Waals surface area contributed by atoms with Gasteiger partial charge in [0.15, 0.2) is 0 Å². The number of likely N-dealkylation sites (N-methyl/N-ethyl adjacent to an activating group) is 1. The summed E-state index contributed by atoms with van der Waals surface area (Å²) in [6.07, 6.45) is 4.78. The molecule has 0 aliphatic heterocycles. The van der Waals surface area contributed by atoms with Crippen LogP contribution in [0, 0.1) is 5.92 Å². The molecule has 1 aromatic rings. The summed E-state index contributed by atoms with van der Waals surface area (Å²) in [6.45, 7) is 4.48. The van der Waals surface area contributed by atoms with E-state index in [4.69, 9.17) is 0 Å². The molecule has 1 fully saturated rings. The summed E-state index contributed by atoms with van der Waals surface area (Å²) < 4.78 is 0. The molecule has 0 spiro atoms. The molecule has 0 radical (unpaired) electrons. The minimum atomic E-state index is -0.398. The molecule has 2 unspecified atom stereocenters. The van der Waals surface area contributed by atoms with Crippen LogP contribution >= 0.6 is 0 Å². The lowest BCUT2D eigenvalue weighted by Crippen LogP contribution is -2.43. The summed E-state index contributed by atoms with van der Waals surface area (Å²) >= 11 is 0. The average Bonchev–Trinajstić information content (AvgIpc) is 2.46. The molecular weight excluding hydrogens is 234 g/mol. The maximum absolute atomic E-state index is 10.5. The van der Waals surface area contributed by atoms with Crippen molar-refractivity contribution in [2.75, 3.05) is 7.05 Å². The quantitative estimate of drug-likeness (QED) is 0.895. The molecule has 0 heterocycles. The number of rotatable bonds is 4. The van der Waals surface area contributed by atoms with Gasteiger partial charge in [0.25, 0.3) is 0 Å². The number of nitrogens with zero attached hydrogens (tertiary/aromatic N) is 1. The van der Waals surface area contributed by atoms with Crippen LogP contribution in [0.4, 0.5) is 0 Å². The van der Waals surface area contributed by atoms with Crippen molar-refractivity contribution in [2.45, 2.75) is 57.7 Å². The Hall–Kier alpha value is -0.860. The number of hydrogen-bond donors (Lipinski definition) is 1. The zero-order chi connectivity index (χ0) is 13.8. The van der Waals surface area contributed by atoms with Gasteiger partial charge in [0, 0.05) is 12.1 Å². The molecule has 1 aliphatic rings. The van der Waals surface area contributed by atoms with Crippen LogP contribution in [0.2, 0.25) is 0 Å². The van der Waals surface area contributed by atoms with Gasteiger partial charge in [0.05, 0.1) is 6.10 Å². The maximum atomic E-state index is 10.5. The van der Waals surface area contributed by atoms with Gasteiger partial charge in [-0.2, -0.15) is 0 Å². The average molecular weight is 261 g/mol. The minimum Gasteiger partial charge on any atom is -0.387 e. The summed E-state index contributed by atoms with van der Waals surface area (Å²) in [7, 11) is 2.16. The second-order valence-corrected chi connectivity index (χ2v) is 6.18. The first-order valence-electron chi connectivity index (χ1n) is 7.54. The van der Waals surface area contributed by atoms with Crippen LogP contribution in [0.25, 0.3) is 0 Å². The molecule has 106 valence electrons. The predicted molar refractivity (Wildman–Crippen MR) is 80.0 cm³/mol. The first-order chi connectivity index (χ1) is 9.09. The molecule has 0 amide bonds. The number of hydrogen-bond acceptors (Lipinski definition) is 2. The molecule has 1 N–H and O–H groups in total. The molecule has 0 saturated heterocycles. The molecule has 0 aromatic heterocycles. The van der Waals surface area contributed by atoms with E-state index in [0.717, 1.165) is 11.5 Å². The van der Waals surface area contributed by atoms with Crippen molar-refractivity contribution in [2.24, 2.45) is 5.92 Å². The van der Waals surface area contributed by atoms with Crippen molar-refractivity contribution in [3.63, 3.8) is 0 Å². The van der Waals surface area contributed by atoms with Gasteiger partial charge in [-0.25, -0.2) is 0 Å². The van der Waals surface area contributed by atoms with Gasteiger partial charge in [0.2, 0.25) is 0 Å². The molecule has 1 aliphatic carbocycles. The highest BCUT2D eigenvalue weighted by Crippen LogP contribution is 2.30. The van der Waals surface area contributed by atoms with Crippen molar-refractivity contribution in [1.82, 2.24) is 4.90 Å². The Balaban J connectivity index is 1.97. The lowest BCUT2D eigenvalue weighted by molar-refractivity contribution is 0.0348. The Morgan fingerprint density at radius 1 is 1.11 bits per heavy atom. The fourth-order valence-corrected chi connectivity index (χ4v) is 3.13. The predicted octanol–water partition coefficient (Wildman–Crippen LogP) is 3.62. The van der Waals surface area contributed by atoms with E-state index < -0.39 is 6.10 Å². The third-order valence-electron chi connectivity index (χ3n) is 4.80. The van der Waals surface area contributed by atoms with Crippen LogP contribution in [0.3, 0.4) is 0 Å². The van der Waals surface area contributed by atoms with E-state index in [0.29, 0.717) is 6.04 Å². The Morgan fingerprint density at radius 2 is 1.68 bits per heavy atom. The van der Waals surface area contributed by atoms with Gasteiger partial charge >= 0.3 is 0 Å². The van der Waals surface area contributed by atoms with Crippen LogP contribution in [-0.4, -0.2) is 29.1 Å². The van der Waals surface area contributed by atoms with Gasteiger partial charge in [-0.05, 0) is 51.1 Å². The van der Waals surface area contributed by atoms with E-state index >= 15 is 0 Å². The second-order valence-electron chi connectivity index (χ2n) is 6.18. The first-order valence-corrected chi connectivity index (χ1v) is 7.54. The van der Waals surface area contributed by atoms with Gasteiger partial charge in [-0.3, -0.25) is 4.90 Å². The Bertz CT molecular complexity index is 370. The summed E-state index contributed by atoms with van der Waals surface area (Å²) in [5.74, 6) is 0.874. The third kappa shape index (κ3) is 3.58. The smallest absolute Gasteiger partial charge is 0.0942 e. The standard InChI is InChI=1S/C17H27NO/c1-13-9-11-16(12-10-13)18(3)14(2)17(19)15-7-5-4-6-8-15/h4-8,13-14,16-17,19H,9-12H2,1-3H3. The minimum absolute atomic E-state index is 0.167. The third-order valence-corrected chi connectivity index (χ3v) is 4.80. The number of benzene rings is 1. The van der Waals surface area contributed by atoms with Crippen LogP contribution in [0.1, 0.15) is 51.2 Å². The summed E-state index contributed by atoms with van der Waals surface area (Å²) in [5, 5.41) is 10.5. The van der Waals surface area contributed by atoms with Gasteiger partial charge in [-0.1, -0.05) is 37.3 Å². The fraction of sp³-hybridized carbons (Fsp3) is 0.647. The molecular formula is C17H27NO. The van der Waals surface area contributed by atoms with E-state index in [2.05, 4.69) is 25.8 Å². The van der Waals surface area contributed by atoms with Crippen LogP contribution in [0.15, 0.2) is 30.3 Å². The zero-order valence-corrected chi connectivity index (χ0v) is 12.4. The summed E-state index contributed by atoms with van der Waals surface area (Å²) in [5.41, 5.74) is 1.02. The van der Waals surface area contributed by atoms with Crippen molar-refractivity contribution in [3.8, 4) is 0 Å². The van der Waals surface area contributed by atoms with Crippen LogP contribution < -0.4 is 0 Å². The van der Waals surface area contributed by atoms with Crippen molar-refractivity contribution in [3.05, 3.63) is 35.9 Å². The highest BCUT2D eigenvalue weighted by Gasteiger charge is 2.28. The molecule has 1 aromatic carbocycles. The van der Waals surface area contributed by atoms with Crippen LogP contribution in [-0.2, 0) is 0 Å². The highest BCUT2D eigenvalue weighted by molar-refractivity contribution is 5.18. The molecule has 2 atom stereocenters. The second kappa shape index (κ2) is 6.53. The number of aliphatic hydroxyl groups is 1. The molecule has 2 heteroatoms. The van der Waals surface area contributed by atoms with Crippen molar-refractivity contribution >= 4 is 0 Å². The first kappa shape index (κ1) is 14.5. The zero-order valence-electron chi connectivity index (χ0n) is 12.4. The van der Waals surface area contributed by atoms with Gasteiger partial charge < -0.3 is 5.11 Å². The lowest BCUT2D eigenvalue weighted by Gasteiger charge is -2.39. The molecule has 2 nitrogen and oxygen atoms in total. The highest BCUT2D eigenvalue weighted by atomic mass is 16.3. The lowest BCUT2D eigenvalue weighted by atomic mass is 9.86.